The molecule has 0 aromatic carbocycles. The molecule has 0 unspecified atom stereocenters. The van der Waals surface area contributed by atoms with Crippen LogP contribution in [0.1, 0.15) is 64.2 Å². The lowest BCUT2D eigenvalue weighted by atomic mass is 10.1. The van der Waals surface area contributed by atoms with Gasteiger partial charge < -0.3 is 5.32 Å². The van der Waals surface area contributed by atoms with Crippen LogP contribution in [0.25, 0.3) is 0 Å². The quantitative estimate of drug-likeness (QED) is 0.563. The third kappa shape index (κ3) is 5.65. The summed E-state index contributed by atoms with van der Waals surface area (Å²) in [5, 5.41) is 3.77. The second-order valence-electron chi connectivity index (χ2n) is 5.87. The van der Waals surface area contributed by atoms with Crippen molar-refractivity contribution < 1.29 is 0 Å². The molecule has 0 amide bonds. The topological polar surface area (TPSA) is 12.0 Å². The normalized spacial score (nSPS) is 24.0. The molecule has 0 aliphatic heterocycles. The number of thioether (sulfide) groups is 1. The molecule has 0 aromatic heterocycles. The second kappa shape index (κ2) is 8.42. The number of nitrogens with one attached hydrogen (secondary N) is 1. The largest absolute Gasteiger partial charge is 0.313 e. The molecule has 0 saturated heterocycles. The summed E-state index contributed by atoms with van der Waals surface area (Å²) in [6.45, 7) is 1.24. The van der Waals surface area contributed by atoms with Crippen molar-refractivity contribution in [1.82, 2.24) is 5.32 Å². The van der Waals surface area contributed by atoms with Gasteiger partial charge in [0.15, 0.2) is 0 Å². The van der Waals surface area contributed by atoms with Crippen LogP contribution in [0.2, 0.25) is 0 Å². The SMILES string of the molecule is C1CCCC(NCCSCC2CCCC2)CC1. The Bertz CT molecular complexity index is 181. The summed E-state index contributed by atoms with van der Waals surface area (Å²) < 4.78 is 0. The molecule has 0 spiro atoms. The predicted molar refractivity (Wildman–Crippen MR) is 78.8 cm³/mol. The molecule has 17 heavy (non-hydrogen) atoms. The highest BCUT2D eigenvalue weighted by Gasteiger charge is 2.14. The van der Waals surface area contributed by atoms with E-state index in [1.165, 1.54) is 82.3 Å². The highest BCUT2D eigenvalue weighted by molar-refractivity contribution is 7.99. The van der Waals surface area contributed by atoms with Crippen molar-refractivity contribution in [2.24, 2.45) is 5.92 Å². The van der Waals surface area contributed by atoms with Crippen molar-refractivity contribution in [2.75, 3.05) is 18.1 Å². The maximum Gasteiger partial charge on any atom is 0.00673 e. The molecule has 0 bridgehead atoms. The van der Waals surface area contributed by atoms with Crippen LogP contribution in [-0.4, -0.2) is 24.1 Å². The third-order valence-corrected chi connectivity index (χ3v) is 5.56. The lowest BCUT2D eigenvalue weighted by Gasteiger charge is -2.16. The molecule has 2 aliphatic carbocycles. The summed E-state index contributed by atoms with van der Waals surface area (Å²) in [5.41, 5.74) is 0. The van der Waals surface area contributed by atoms with E-state index in [1.54, 1.807) is 0 Å². The molecule has 2 fully saturated rings. The first-order chi connectivity index (χ1) is 8.45. The molecule has 0 atom stereocenters. The van der Waals surface area contributed by atoms with Gasteiger partial charge in [0, 0.05) is 18.3 Å². The molecule has 2 heteroatoms. The van der Waals surface area contributed by atoms with E-state index in [-0.39, 0.29) is 0 Å². The van der Waals surface area contributed by atoms with E-state index >= 15 is 0 Å². The Morgan fingerprint density at radius 1 is 0.824 bits per heavy atom. The minimum atomic E-state index is 0.838. The van der Waals surface area contributed by atoms with Crippen LogP contribution in [0.5, 0.6) is 0 Å². The summed E-state index contributed by atoms with van der Waals surface area (Å²) in [4.78, 5) is 0. The van der Waals surface area contributed by atoms with Crippen LogP contribution < -0.4 is 5.32 Å². The molecule has 0 heterocycles. The van der Waals surface area contributed by atoms with Gasteiger partial charge >= 0.3 is 0 Å². The second-order valence-corrected chi connectivity index (χ2v) is 7.02. The van der Waals surface area contributed by atoms with Gasteiger partial charge in [-0.15, -0.1) is 0 Å². The molecular formula is C15H29NS. The van der Waals surface area contributed by atoms with E-state index in [2.05, 4.69) is 17.1 Å². The van der Waals surface area contributed by atoms with Gasteiger partial charge in [-0.2, -0.15) is 11.8 Å². The molecule has 2 saturated carbocycles. The van der Waals surface area contributed by atoms with Crippen LogP contribution in [0.15, 0.2) is 0 Å². The van der Waals surface area contributed by atoms with Crippen LogP contribution in [0.4, 0.5) is 0 Å². The van der Waals surface area contributed by atoms with Crippen molar-refractivity contribution in [3.63, 3.8) is 0 Å². The Hall–Kier alpha value is 0.310. The van der Waals surface area contributed by atoms with E-state index in [0.717, 1.165) is 12.0 Å². The third-order valence-electron chi connectivity index (χ3n) is 4.36. The summed E-state index contributed by atoms with van der Waals surface area (Å²) in [6, 6.07) is 0.838. The number of hydrogen-bond acceptors (Lipinski definition) is 2. The van der Waals surface area contributed by atoms with E-state index < -0.39 is 0 Å². The molecule has 1 nitrogen and oxygen atoms in total. The average molecular weight is 255 g/mol. The van der Waals surface area contributed by atoms with Gasteiger partial charge in [0.2, 0.25) is 0 Å². The van der Waals surface area contributed by atoms with Crippen molar-refractivity contribution in [3.8, 4) is 0 Å². The fourth-order valence-corrected chi connectivity index (χ4v) is 4.34. The van der Waals surface area contributed by atoms with Gasteiger partial charge in [-0.1, -0.05) is 38.5 Å². The molecule has 2 aliphatic rings. The first-order valence-electron chi connectivity index (χ1n) is 7.76. The highest BCUT2D eigenvalue weighted by atomic mass is 32.2. The fourth-order valence-electron chi connectivity index (χ4n) is 3.25. The lowest BCUT2D eigenvalue weighted by molar-refractivity contribution is 0.474. The first-order valence-corrected chi connectivity index (χ1v) is 8.92. The molecule has 0 radical (unpaired) electrons. The van der Waals surface area contributed by atoms with Gasteiger partial charge in [0.05, 0.1) is 0 Å². The van der Waals surface area contributed by atoms with Gasteiger partial charge in [0.1, 0.15) is 0 Å². The number of rotatable bonds is 6. The molecule has 2 rings (SSSR count). The Kier molecular flexibility index (Phi) is 6.80. The van der Waals surface area contributed by atoms with Gasteiger partial charge in [0.25, 0.3) is 0 Å². The number of hydrogen-bond donors (Lipinski definition) is 1. The highest BCUT2D eigenvalue weighted by Crippen LogP contribution is 2.27. The molecular weight excluding hydrogens is 226 g/mol. The van der Waals surface area contributed by atoms with Gasteiger partial charge in [-0.25, -0.2) is 0 Å². The van der Waals surface area contributed by atoms with E-state index in [1.807, 2.05) is 0 Å². The van der Waals surface area contributed by atoms with Crippen molar-refractivity contribution >= 4 is 11.8 Å². The van der Waals surface area contributed by atoms with Crippen LogP contribution >= 0.6 is 11.8 Å². The standard InChI is InChI=1S/C15H29NS/c1-2-4-10-15(9-3-1)16-11-12-17-13-14-7-5-6-8-14/h14-16H,1-13H2. The summed E-state index contributed by atoms with van der Waals surface area (Å²) in [7, 11) is 0. The van der Waals surface area contributed by atoms with Crippen LogP contribution in [-0.2, 0) is 0 Å². The zero-order valence-electron chi connectivity index (χ0n) is 11.3. The van der Waals surface area contributed by atoms with Crippen molar-refractivity contribution in [1.29, 1.82) is 0 Å². The van der Waals surface area contributed by atoms with E-state index in [0.29, 0.717) is 0 Å². The molecule has 1 N–H and O–H groups in total. The van der Waals surface area contributed by atoms with Gasteiger partial charge in [-0.05, 0) is 37.4 Å². The lowest BCUT2D eigenvalue weighted by Crippen LogP contribution is -2.30. The maximum atomic E-state index is 3.77. The monoisotopic (exact) mass is 255 g/mol. The summed E-state index contributed by atoms with van der Waals surface area (Å²) >= 11 is 2.18. The van der Waals surface area contributed by atoms with Crippen LogP contribution in [0, 0.1) is 5.92 Å². The Labute approximate surface area is 112 Å². The van der Waals surface area contributed by atoms with Crippen LogP contribution in [0.3, 0.4) is 0 Å². The summed E-state index contributed by atoms with van der Waals surface area (Å²) in [5.74, 6) is 3.80. The minimum Gasteiger partial charge on any atom is -0.313 e. The van der Waals surface area contributed by atoms with E-state index in [9.17, 15) is 0 Å². The average Bonchev–Trinajstić information content (AvgIpc) is 2.72. The first kappa shape index (κ1) is 13.7. The molecule has 100 valence electrons. The van der Waals surface area contributed by atoms with Gasteiger partial charge in [-0.3, -0.25) is 0 Å². The minimum absolute atomic E-state index is 0.838. The van der Waals surface area contributed by atoms with Crippen molar-refractivity contribution in [2.45, 2.75) is 70.3 Å². The predicted octanol–water partition coefficient (Wildman–Crippen LogP) is 4.22. The smallest absolute Gasteiger partial charge is 0.00673 e. The zero-order valence-corrected chi connectivity index (χ0v) is 12.1. The Morgan fingerprint density at radius 3 is 2.18 bits per heavy atom. The van der Waals surface area contributed by atoms with Crippen molar-refractivity contribution in [3.05, 3.63) is 0 Å². The summed E-state index contributed by atoms with van der Waals surface area (Å²) in [6.07, 6.45) is 14.7. The maximum absolute atomic E-state index is 3.77. The zero-order chi connectivity index (χ0) is 11.8. The Balaban J connectivity index is 1.44. The fraction of sp³-hybridized carbons (Fsp3) is 1.00. The molecule has 0 aromatic rings. The van der Waals surface area contributed by atoms with E-state index in [4.69, 9.17) is 0 Å². The Morgan fingerprint density at radius 2 is 1.47 bits per heavy atom.